The topological polar surface area (TPSA) is 86.6 Å². The number of aryl methyl sites for hydroxylation is 1. The second kappa shape index (κ2) is 8.96. The number of aromatic nitrogens is 2. The Hall–Kier alpha value is -4.23. The van der Waals surface area contributed by atoms with E-state index in [1.54, 1.807) is 11.1 Å². The second-order valence-electron chi connectivity index (χ2n) is 8.02. The van der Waals surface area contributed by atoms with E-state index in [0.29, 0.717) is 12.2 Å². The maximum absolute atomic E-state index is 13.4. The highest BCUT2D eigenvalue weighted by Gasteiger charge is 2.22. The Morgan fingerprint density at radius 1 is 1.00 bits per heavy atom. The molecule has 7 heteroatoms. The van der Waals surface area contributed by atoms with E-state index in [-0.39, 0.29) is 23.0 Å². The van der Waals surface area contributed by atoms with E-state index in [1.165, 1.54) is 23.7 Å². The summed E-state index contributed by atoms with van der Waals surface area (Å²) < 4.78 is 4.13. The summed E-state index contributed by atoms with van der Waals surface area (Å²) in [6, 6.07) is 21.7. The predicted molar refractivity (Wildman–Crippen MR) is 134 cm³/mol. The maximum Gasteiger partial charge on any atom is 0.262 e. The van der Waals surface area contributed by atoms with Crippen LogP contribution in [-0.2, 0) is 6.54 Å². The summed E-state index contributed by atoms with van der Waals surface area (Å²) in [5.41, 5.74) is 5.50. The summed E-state index contributed by atoms with van der Waals surface area (Å²) in [4.78, 5) is 19.8. The number of amides is 1. The van der Waals surface area contributed by atoms with Crippen molar-refractivity contribution in [2.45, 2.75) is 13.5 Å². The molecule has 34 heavy (non-hydrogen) atoms. The van der Waals surface area contributed by atoms with Crippen LogP contribution in [0.2, 0.25) is 0 Å². The number of aromatic hydroxyl groups is 2. The van der Waals surface area contributed by atoms with Crippen molar-refractivity contribution in [2.24, 2.45) is 0 Å². The maximum atomic E-state index is 13.4. The summed E-state index contributed by atoms with van der Waals surface area (Å²) in [6.07, 6.45) is 1.72. The quantitative estimate of drug-likeness (QED) is 0.335. The molecule has 0 unspecified atom stereocenters. The van der Waals surface area contributed by atoms with E-state index in [9.17, 15) is 15.0 Å². The Morgan fingerprint density at radius 3 is 2.53 bits per heavy atom. The van der Waals surface area contributed by atoms with E-state index < -0.39 is 0 Å². The first-order valence-electron chi connectivity index (χ1n) is 10.7. The van der Waals surface area contributed by atoms with E-state index >= 15 is 0 Å². The van der Waals surface area contributed by atoms with Crippen LogP contribution in [0.4, 0.5) is 5.69 Å². The van der Waals surface area contributed by atoms with Crippen molar-refractivity contribution in [2.75, 3.05) is 4.90 Å². The number of hydrogen-bond acceptors (Lipinski definition) is 6. The number of fused-ring (bicyclic) bond motifs is 1. The highest BCUT2D eigenvalue weighted by molar-refractivity contribution is 7.03. The lowest BCUT2D eigenvalue weighted by molar-refractivity contribution is 0.0982. The standard InChI is InChI=1S/C27H21N3O3S/c1-17-12-20-4-2-3-5-24(20)29-26(17)19-6-8-21(9-7-19)30(15-18-14-28-34-16-18)27(33)23-11-10-22(31)13-25(23)32/h2-14,16,31-32H,15H2,1H3. The van der Waals surface area contributed by atoms with Crippen LogP contribution < -0.4 is 4.90 Å². The molecule has 0 atom stereocenters. The number of pyridine rings is 1. The summed E-state index contributed by atoms with van der Waals surface area (Å²) in [5, 5.41) is 22.9. The van der Waals surface area contributed by atoms with Crippen molar-refractivity contribution >= 4 is 34.0 Å². The Kier molecular flexibility index (Phi) is 5.69. The van der Waals surface area contributed by atoms with Gasteiger partial charge in [0.25, 0.3) is 5.91 Å². The molecule has 5 rings (SSSR count). The van der Waals surface area contributed by atoms with Crippen LogP contribution >= 0.6 is 11.5 Å². The predicted octanol–water partition coefficient (Wildman–Crippen LogP) is 5.92. The van der Waals surface area contributed by atoms with Crippen molar-refractivity contribution in [3.05, 3.63) is 101 Å². The molecule has 5 aromatic rings. The number of anilines is 1. The number of benzene rings is 3. The van der Waals surface area contributed by atoms with Crippen LogP contribution in [0.25, 0.3) is 22.2 Å². The van der Waals surface area contributed by atoms with Gasteiger partial charge in [0, 0.05) is 39.8 Å². The van der Waals surface area contributed by atoms with Gasteiger partial charge in [0.15, 0.2) is 0 Å². The molecule has 2 heterocycles. The van der Waals surface area contributed by atoms with Crippen LogP contribution in [0, 0.1) is 6.92 Å². The number of rotatable bonds is 5. The molecule has 3 aromatic carbocycles. The van der Waals surface area contributed by atoms with E-state index in [0.717, 1.165) is 39.4 Å². The number of hydrogen-bond donors (Lipinski definition) is 2. The van der Waals surface area contributed by atoms with Gasteiger partial charge >= 0.3 is 0 Å². The Labute approximate surface area is 200 Å². The van der Waals surface area contributed by atoms with Crippen molar-refractivity contribution in [3.63, 3.8) is 0 Å². The first kappa shape index (κ1) is 21.6. The Morgan fingerprint density at radius 2 is 1.79 bits per heavy atom. The lowest BCUT2D eigenvalue weighted by Gasteiger charge is -2.23. The van der Waals surface area contributed by atoms with Crippen LogP contribution in [0.3, 0.4) is 0 Å². The van der Waals surface area contributed by atoms with Gasteiger partial charge in [-0.1, -0.05) is 30.3 Å². The fourth-order valence-corrected chi connectivity index (χ4v) is 4.45. The van der Waals surface area contributed by atoms with Gasteiger partial charge < -0.3 is 15.1 Å². The van der Waals surface area contributed by atoms with Crippen LogP contribution in [0.15, 0.2) is 84.4 Å². The molecule has 0 fully saturated rings. The third kappa shape index (κ3) is 4.21. The SMILES string of the molecule is Cc1cc2ccccc2nc1-c1ccc(N(Cc2cnsc2)C(=O)c2ccc(O)cc2O)cc1. The minimum atomic E-state index is -0.378. The van der Waals surface area contributed by atoms with Gasteiger partial charge in [0.05, 0.1) is 23.3 Å². The largest absolute Gasteiger partial charge is 0.508 e. The van der Waals surface area contributed by atoms with E-state index in [4.69, 9.17) is 4.98 Å². The zero-order chi connectivity index (χ0) is 23.7. The number of phenols is 2. The minimum Gasteiger partial charge on any atom is -0.508 e. The van der Waals surface area contributed by atoms with E-state index in [1.807, 2.05) is 60.8 Å². The van der Waals surface area contributed by atoms with Gasteiger partial charge in [-0.3, -0.25) is 4.79 Å². The second-order valence-corrected chi connectivity index (χ2v) is 8.68. The van der Waals surface area contributed by atoms with Gasteiger partial charge in [-0.25, -0.2) is 9.36 Å². The molecule has 0 radical (unpaired) electrons. The number of nitrogens with zero attached hydrogens (tertiary/aromatic N) is 3. The van der Waals surface area contributed by atoms with Crippen LogP contribution in [0.5, 0.6) is 11.5 Å². The third-order valence-corrected chi connectivity index (χ3v) is 6.28. The number of phenolic OH excluding ortho intramolecular Hbond substituents is 2. The highest BCUT2D eigenvalue weighted by atomic mass is 32.1. The molecule has 0 saturated carbocycles. The number of carbonyl (C=O) groups is 1. The molecule has 0 bridgehead atoms. The Bertz CT molecular complexity index is 1480. The smallest absolute Gasteiger partial charge is 0.262 e. The fraction of sp³-hybridized carbons (Fsp3) is 0.0741. The first-order chi connectivity index (χ1) is 16.5. The molecule has 0 spiro atoms. The summed E-state index contributed by atoms with van der Waals surface area (Å²) in [7, 11) is 0. The number of carbonyl (C=O) groups excluding carboxylic acids is 1. The summed E-state index contributed by atoms with van der Waals surface area (Å²) in [5.74, 6) is -0.757. The van der Waals surface area contributed by atoms with Gasteiger partial charge in [-0.05, 0) is 60.4 Å². The normalized spacial score (nSPS) is 11.0. The highest BCUT2D eigenvalue weighted by Crippen LogP contribution is 2.30. The first-order valence-corrected chi connectivity index (χ1v) is 11.5. The molecule has 6 nitrogen and oxygen atoms in total. The molecular formula is C27H21N3O3S. The molecule has 2 N–H and O–H groups in total. The van der Waals surface area contributed by atoms with Crippen LogP contribution in [-0.4, -0.2) is 25.5 Å². The van der Waals surface area contributed by atoms with Crippen molar-refractivity contribution < 1.29 is 15.0 Å². The van der Waals surface area contributed by atoms with Crippen molar-refractivity contribution in [1.82, 2.24) is 9.36 Å². The average molecular weight is 468 g/mol. The Balaban J connectivity index is 1.52. The molecule has 1 amide bonds. The van der Waals surface area contributed by atoms with Gasteiger partial charge in [-0.2, -0.15) is 0 Å². The molecule has 0 aliphatic heterocycles. The molecule has 0 aliphatic carbocycles. The van der Waals surface area contributed by atoms with Crippen LogP contribution in [0.1, 0.15) is 21.5 Å². The summed E-state index contributed by atoms with van der Waals surface area (Å²) in [6.45, 7) is 2.33. The van der Waals surface area contributed by atoms with E-state index in [2.05, 4.69) is 10.4 Å². The summed E-state index contributed by atoms with van der Waals surface area (Å²) >= 11 is 1.31. The van der Waals surface area contributed by atoms with Gasteiger partial charge in [0.1, 0.15) is 11.5 Å². The number of para-hydroxylation sites is 1. The molecule has 2 aromatic heterocycles. The molecule has 168 valence electrons. The van der Waals surface area contributed by atoms with Gasteiger partial charge in [0.2, 0.25) is 0 Å². The lowest BCUT2D eigenvalue weighted by Crippen LogP contribution is -2.30. The average Bonchev–Trinajstić information content (AvgIpc) is 3.35. The zero-order valence-electron chi connectivity index (χ0n) is 18.3. The molecule has 0 aliphatic rings. The third-order valence-electron chi connectivity index (χ3n) is 5.65. The zero-order valence-corrected chi connectivity index (χ0v) is 19.2. The fourth-order valence-electron chi connectivity index (χ4n) is 3.93. The van der Waals surface area contributed by atoms with Crippen molar-refractivity contribution in [1.29, 1.82) is 0 Å². The molecule has 0 saturated heterocycles. The minimum absolute atomic E-state index is 0.106. The van der Waals surface area contributed by atoms with Crippen molar-refractivity contribution in [3.8, 4) is 22.8 Å². The van der Waals surface area contributed by atoms with Gasteiger partial charge in [-0.15, -0.1) is 0 Å². The monoisotopic (exact) mass is 467 g/mol. The lowest BCUT2D eigenvalue weighted by atomic mass is 10.0. The molecular weight excluding hydrogens is 446 g/mol.